The highest BCUT2D eigenvalue weighted by atomic mass is 32.2. The second kappa shape index (κ2) is 10.2. The van der Waals surface area contributed by atoms with Crippen molar-refractivity contribution in [3.8, 4) is 0 Å². The molecule has 0 bridgehead atoms. The van der Waals surface area contributed by atoms with Crippen LogP contribution in [0.1, 0.15) is 10.4 Å². The predicted molar refractivity (Wildman–Crippen MR) is 124 cm³/mol. The Bertz CT molecular complexity index is 1290. The summed E-state index contributed by atoms with van der Waals surface area (Å²) < 4.78 is 38.3. The van der Waals surface area contributed by atoms with Gasteiger partial charge in [-0.2, -0.15) is 0 Å². The van der Waals surface area contributed by atoms with Gasteiger partial charge in [0.05, 0.1) is 11.4 Å². The third-order valence-corrected chi connectivity index (χ3v) is 6.79. The van der Waals surface area contributed by atoms with Gasteiger partial charge in [-0.1, -0.05) is 6.07 Å². The number of benzene rings is 2. The van der Waals surface area contributed by atoms with Crippen LogP contribution in [-0.4, -0.2) is 52.6 Å². The first-order valence-corrected chi connectivity index (χ1v) is 12.2. The van der Waals surface area contributed by atoms with Crippen molar-refractivity contribution in [2.24, 2.45) is 0 Å². The number of anilines is 1. The fourth-order valence-electron chi connectivity index (χ4n) is 2.97. The van der Waals surface area contributed by atoms with E-state index >= 15 is 0 Å². The maximum Gasteiger partial charge on any atom is 0.261 e. The van der Waals surface area contributed by atoms with E-state index in [1.54, 1.807) is 18.2 Å². The Hall–Kier alpha value is -2.86. The van der Waals surface area contributed by atoms with E-state index < -0.39 is 27.6 Å². The molecule has 3 aromatic rings. The zero-order valence-electron chi connectivity index (χ0n) is 17.7. The summed E-state index contributed by atoms with van der Waals surface area (Å²) in [5, 5.41) is 2.63. The average Bonchev–Trinajstić information content (AvgIpc) is 2.79. The first-order valence-electron chi connectivity index (χ1n) is 9.45. The van der Waals surface area contributed by atoms with Gasteiger partial charge in [0.15, 0.2) is 6.29 Å². The lowest BCUT2D eigenvalue weighted by molar-refractivity contribution is -0.0974. The Morgan fingerprint density at radius 2 is 1.91 bits per heavy atom. The number of fused-ring (bicyclic) bond motifs is 1. The molecule has 0 unspecified atom stereocenters. The van der Waals surface area contributed by atoms with Gasteiger partial charge in [-0.15, -0.1) is 11.8 Å². The van der Waals surface area contributed by atoms with E-state index in [1.807, 2.05) is 12.3 Å². The summed E-state index contributed by atoms with van der Waals surface area (Å²) >= 11 is 1.49. The van der Waals surface area contributed by atoms with Crippen LogP contribution < -0.4 is 15.5 Å². The number of pyridine rings is 1. The number of hydrogen-bond donors (Lipinski definition) is 3. The van der Waals surface area contributed by atoms with Gasteiger partial charge >= 0.3 is 0 Å². The molecule has 0 aliphatic heterocycles. The number of nitrogens with one attached hydrogen (secondary N) is 3. The number of hydrogen-bond acceptors (Lipinski definition) is 7. The number of H-pyrrole nitrogens is 1. The van der Waals surface area contributed by atoms with Crippen LogP contribution in [0.5, 0.6) is 0 Å². The molecule has 3 N–H and O–H groups in total. The monoisotopic (exact) mass is 477 g/mol. The third-order valence-electron chi connectivity index (χ3n) is 4.68. The summed E-state index contributed by atoms with van der Waals surface area (Å²) in [6, 6.07) is 11.1. The molecule has 9 nitrogen and oxygen atoms in total. The third kappa shape index (κ3) is 5.30. The van der Waals surface area contributed by atoms with E-state index in [4.69, 9.17) is 9.47 Å². The first-order chi connectivity index (χ1) is 15.3. The number of ether oxygens (including phenoxy) is 2. The summed E-state index contributed by atoms with van der Waals surface area (Å²) in [7, 11) is -1.10. The average molecular weight is 478 g/mol. The minimum absolute atomic E-state index is 0.0385. The van der Waals surface area contributed by atoms with Gasteiger partial charge in [-0.05, 0) is 42.7 Å². The fraction of sp³-hybridized carbons (Fsp3) is 0.238. The first kappa shape index (κ1) is 23.8. The maximum absolute atomic E-state index is 12.9. The number of aromatic amines is 1. The van der Waals surface area contributed by atoms with Gasteiger partial charge in [-0.3, -0.25) is 14.3 Å². The maximum atomic E-state index is 12.9. The zero-order chi connectivity index (χ0) is 23.3. The SMILES string of the molecule is COC(CNC(=O)c1c[nH]c2ccc(S(=O)(=O)Nc3cccc(SC)c3)cc2c1=O)OC. The van der Waals surface area contributed by atoms with Crippen molar-refractivity contribution in [1.29, 1.82) is 0 Å². The number of carbonyl (C=O) groups is 1. The molecule has 0 saturated heterocycles. The van der Waals surface area contributed by atoms with Crippen molar-refractivity contribution in [3.05, 3.63) is 64.4 Å². The lowest BCUT2D eigenvalue weighted by atomic mass is 10.1. The highest BCUT2D eigenvalue weighted by Crippen LogP contribution is 2.23. The standard InChI is InChI=1S/C21H23N3O6S2/c1-29-19(30-2)12-23-21(26)17-11-22-18-8-7-15(10-16(18)20(17)25)32(27,28)24-13-5-4-6-14(9-13)31-3/h4-11,19,24H,12H2,1-3H3,(H,22,25)(H,23,26). The molecule has 170 valence electrons. The molecule has 32 heavy (non-hydrogen) atoms. The number of amides is 1. The van der Waals surface area contributed by atoms with Crippen molar-refractivity contribution >= 4 is 44.3 Å². The zero-order valence-corrected chi connectivity index (χ0v) is 19.3. The second-order valence-electron chi connectivity index (χ2n) is 6.69. The summed E-state index contributed by atoms with van der Waals surface area (Å²) in [4.78, 5) is 29.0. The molecule has 0 aliphatic rings. The summed E-state index contributed by atoms with van der Waals surface area (Å²) in [6.45, 7) is 0.0385. The van der Waals surface area contributed by atoms with Gasteiger partial charge in [-0.25, -0.2) is 8.42 Å². The predicted octanol–water partition coefficient (Wildman–Crippen LogP) is 2.40. The molecule has 1 aromatic heterocycles. The molecule has 0 fully saturated rings. The number of carbonyl (C=O) groups excluding carboxylic acids is 1. The van der Waals surface area contributed by atoms with Crippen molar-refractivity contribution in [3.63, 3.8) is 0 Å². The van der Waals surface area contributed by atoms with E-state index in [0.717, 1.165) is 4.90 Å². The van der Waals surface area contributed by atoms with Crippen LogP contribution >= 0.6 is 11.8 Å². The number of aromatic nitrogens is 1. The molecule has 0 aliphatic carbocycles. The largest absolute Gasteiger partial charge is 0.360 e. The van der Waals surface area contributed by atoms with E-state index in [2.05, 4.69) is 15.0 Å². The molecule has 3 rings (SSSR count). The van der Waals surface area contributed by atoms with Crippen LogP contribution in [-0.2, 0) is 19.5 Å². The fourth-order valence-corrected chi connectivity index (χ4v) is 4.50. The molecule has 0 saturated carbocycles. The smallest absolute Gasteiger partial charge is 0.261 e. The topological polar surface area (TPSA) is 127 Å². The minimum Gasteiger partial charge on any atom is -0.360 e. The highest BCUT2D eigenvalue weighted by molar-refractivity contribution is 7.98. The Morgan fingerprint density at radius 3 is 2.59 bits per heavy atom. The highest BCUT2D eigenvalue weighted by Gasteiger charge is 2.19. The van der Waals surface area contributed by atoms with Gasteiger partial charge in [0, 0.05) is 41.9 Å². The molecule has 11 heteroatoms. The molecule has 0 atom stereocenters. The van der Waals surface area contributed by atoms with Gasteiger partial charge in [0.1, 0.15) is 5.56 Å². The number of rotatable bonds is 9. The van der Waals surface area contributed by atoms with Crippen molar-refractivity contribution in [1.82, 2.24) is 10.3 Å². The van der Waals surface area contributed by atoms with E-state index in [-0.39, 0.29) is 22.4 Å². The van der Waals surface area contributed by atoms with E-state index in [0.29, 0.717) is 11.2 Å². The lowest BCUT2D eigenvalue weighted by Gasteiger charge is -2.14. The van der Waals surface area contributed by atoms with Crippen LogP contribution in [0.25, 0.3) is 10.9 Å². The molecular weight excluding hydrogens is 454 g/mol. The Balaban J connectivity index is 1.92. The Morgan fingerprint density at radius 1 is 1.16 bits per heavy atom. The molecule has 2 aromatic carbocycles. The second-order valence-corrected chi connectivity index (χ2v) is 9.25. The van der Waals surface area contributed by atoms with Gasteiger partial charge < -0.3 is 19.8 Å². The van der Waals surface area contributed by atoms with Crippen LogP contribution in [0.15, 0.2) is 63.2 Å². The molecular formula is C21H23N3O6S2. The van der Waals surface area contributed by atoms with Gasteiger partial charge in [0.2, 0.25) is 5.43 Å². The summed E-state index contributed by atoms with van der Waals surface area (Å²) in [5.41, 5.74) is 0.0639. The molecule has 0 radical (unpaired) electrons. The molecule has 0 spiro atoms. The molecule has 1 heterocycles. The van der Waals surface area contributed by atoms with Gasteiger partial charge in [0.25, 0.3) is 15.9 Å². The molecule has 1 amide bonds. The van der Waals surface area contributed by atoms with Crippen molar-refractivity contribution in [2.45, 2.75) is 16.1 Å². The quantitative estimate of drug-likeness (QED) is 0.319. The van der Waals surface area contributed by atoms with Crippen LogP contribution in [0.2, 0.25) is 0 Å². The summed E-state index contributed by atoms with van der Waals surface area (Å²) in [6.07, 6.45) is 2.52. The Labute approximate surface area is 189 Å². The van der Waals surface area contributed by atoms with Crippen LogP contribution in [0.3, 0.4) is 0 Å². The Kier molecular flexibility index (Phi) is 7.56. The minimum atomic E-state index is -3.95. The summed E-state index contributed by atoms with van der Waals surface area (Å²) in [5.74, 6) is -0.632. The van der Waals surface area contributed by atoms with Crippen molar-refractivity contribution < 1.29 is 22.7 Å². The van der Waals surface area contributed by atoms with E-state index in [9.17, 15) is 18.0 Å². The number of methoxy groups -OCH3 is 2. The number of thioether (sulfide) groups is 1. The van der Waals surface area contributed by atoms with Crippen LogP contribution in [0.4, 0.5) is 5.69 Å². The lowest BCUT2D eigenvalue weighted by Crippen LogP contribution is -2.36. The normalized spacial score (nSPS) is 11.6. The van der Waals surface area contributed by atoms with E-state index in [1.165, 1.54) is 50.4 Å². The number of sulfonamides is 1. The van der Waals surface area contributed by atoms with Crippen LogP contribution in [0, 0.1) is 0 Å². The van der Waals surface area contributed by atoms with Crippen molar-refractivity contribution in [2.75, 3.05) is 31.7 Å².